The number of hydrogen-bond acceptors (Lipinski definition) is 8. The third kappa shape index (κ3) is 4.24. The number of aromatic nitrogens is 2. The monoisotopic (exact) mass is 558 g/mol. The van der Waals surface area contributed by atoms with Crippen molar-refractivity contribution in [2.24, 2.45) is 4.99 Å². The molecule has 35 heavy (non-hydrogen) atoms. The summed E-state index contributed by atoms with van der Waals surface area (Å²) in [5.41, 5.74) is 2.24. The number of aromatic hydroxyl groups is 1. The third-order valence-electron chi connectivity index (χ3n) is 6.25. The highest BCUT2D eigenvalue weighted by Gasteiger charge is 2.33. The Morgan fingerprint density at radius 2 is 2.11 bits per heavy atom. The summed E-state index contributed by atoms with van der Waals surface area (Å²) < 4.78 is 19.3. The number of methoxy groups -OCH3 is 1. The Morgan fingerprint density at radius 1 is 1.34 bits per heavy atom. The molecule has 1 aromatic heterocycles. The van der Waals surface area contributed by atoms with Crippen molar-refractivity contribution in [1.29, 1.82) is 0 Å². The van der Waals surface area contributed by atoms with Crippen LogP contribution in [0.2, 0.25) is 0 Å². The summed E-state index contributed by atoms with van der Waals surface area (Å²) in [5.74, 6) is 1.65. The summed E-state index contributed by atoms with van der Waals surface area (Å²) in [5, 5.41) is 10.9. The van der Waals surface area contributed by atoms with Crippen molar-refractivity contribution < 1.29 is 19.3 Å². The van der Waals surface area contributed by atoms with E-state index >= 15 is 0 Å². The van der Waals surface area contributed by atoms with Gasteiger partial charge in [-0.15, -0.1) is 0 Å². The van der Waals surface area contributed by atoms with E-state index in [-0.39, 0.29) is 29.0 Å². The molecule has 3 aromatic rings. The molecule has 9 nitrogen and oxygen atoms in total. The van der Waals surface area contributed by atoms with Gasteiger partial charge in [-0.3, -0.25) is 24.2 Å². The summed E-state index contributed by atoms with van der Waals surface area (Å²) in [6, 6.07) is 9.10. The maximum atomic E-state index is 12.6. The molecule has 2 N–H and O–H groups in total. The Bertz CT molecular complexity index is 1430. The van der Waals surface area contributed by atoms with E-state index in [9.17, 15) is 9.90 Å². The van der Waals surface area contributed by atoms with Gasteiger partial charge in [0.05, 0.1) is 25.4 Å². The normalized spacial score (nSPS) is 17.1. The lowest BCUT2D eigenvalue weighted by Gasteiger charge is -2.35. The van der Waals surface area contributed by atoms with E-state index in [2.05, 4.69) is 30.8 Å². The van der Waals surface area contributed by atoms with Gasteiger partial charge in [-0.1, -0.05) is 15.9 Å². The Balaban J connectivity index is 1.50. The number of ether oxygens (including phenoxy) is 3. The molecule has 182 valence electrons. The smallest absolute Gasteiger partial charge is 0.264 e. The van der Waals surface area contributed by atoms with Crippen LogP contribution in [-0.2, 0) is 6.42 Å². The van der Waals surface area contributed by atoms with Crippen LogP contribution in [-0.4, -0.2) is 59.8 Å². The van der Waals surface area contributed by atoms with Gasteiger partial charge in [-0.2, -0.15) is 0 Å². The van der Waals surface area contributed by atoms with Gasteiger partial charge in [0.1, 0.15) is 5.56 Å². The van der Waals surface area contributed by atoms with E-state index in [1.165, 1.54) is 10.8 Å². The quantitative estimate of drug-likeness (QED) is 0.363. The Morgan fingerprint density at radius 3 is 2.86 bits per heavy atom. The molecule has 0 saturated heterocycles. The topological polar surface area (TPSA) is 101 Å². The number of nitrogens with one attached hydrogen (secondary N) is 1. The van der Waals surface area contributed by atoms with Crippen molar-refractivity contribution in [3.63, 3.8) is 0 Å². The molecule has 0 unspecified atom stereocenters. The Kier molecular flexibility index (Phi) is 6.39. The fraction of sp³-hybridized carbons (Fsp3) is 0.292. The molecule has 11 heteroatoms. The molecular weight excluding hydrogens is 536 g/mol. The van der Waals surface area contributed by atoms with E-state index in [0.29, 0.717) is 29.5 Å². The van der Waals surface area contributed by atoms with Crippen molar-refractivity contribution >= 4 is 34.4 Å². The molecule has 5 rings (SSSR count). The summed E-state index contributed by atoms with van der Waals surface area (Å²) in [6.45, 7) is 1.33. The first-order valence-corrected chi connectivity index (χ1v) is 12.1. The van der Waals surface area contributed by atoms with Gasteiger partial charge >= 0.3 is 0 Å². The number of likely N-dealkylation sites (N-methyl/N-ethyl adjacent to an activating group) is 1. The van der Waals surface area contributed by atoms with Gasteiger partial charge in [-0.25, -0.2) is 0 Å². The minimum atomic E-state index is -0.511. The molecule has 0 radical (unpaired) electrons. The number of nitrogens with zero attached hydrogens (tertiary/aromatic N) is 3. The molecule has 0 fully saturated rings. The number of aromatic amines is 1. The van der Waals surface area contributed by atoms with Crippen LogP contribution in [0.5, 0.6) is 23.1 Å². The van der Waals surface area contributed by atoms with Crippen LogP contribution in [0.3, 0.4) is 0 Å². The number of hydrogen-bond donors (Lipinski definition) is 2. The second-order valence-electron chi connectivity index (χ2n) is 8.27. The number of benzene rings is 2. The van der Waals surface area contributed by atoms with Gasteiger partial charge in [0.2, 0.25) is 18.4 Å². The van der Waals surface area contributed by atoms with Crippen LogP contribution in [0.1, 0.15) is 22.7 Å². The molecule has 0 aliphatic carbocycles. The molecule has 3 heterocycles. The lowest BCUT2D eigenvalue weighted by Crippen LogP contribution is -2.34. The molecule has 2 aliphatic rings. The minimum Gasteiger partial charge on any atom is -0.494 e. The largest absolute Gasteiger partial charge is 0.494 e. The zero-order valence-corrected chi connectivity index (χ0v) is 21.5. The number of aliphatic imine (C=N–C) groups is 1. The highest BCUT2D eigenvalue weighted by molar-refractivity contribution is 9.10. The first-order chi connectivity index (χ1) is 16.9. The van der Waals surface area contributed by atoms with Crippen molar-refractivity contribution in [2.75, 3.05) is 34.0 Å². The van der Waals surface area contributed by atoms with Crippen LogP contribution in [0.25, 0.3) is 5.69 Å². The molecule has 0 amide bonds. The SMILES string of the molecule is COc1c2c(cc3c1[C@@H](CN=Cc1c(O)n(-c4ccc(Br)cc4)c(=S)[nH]c1=O)N(C)CC3)OCO2. The van der Waals surface area contributed by atoms with Gasteiger partial charge in [0.25, 0.3) is 5.56 Å². The second kappa shape index (κ2) is 9.48. The van der Waals surface area contributed by atoms with Crippen molar-refractivity contribution in [3.05, 3.63) is 66.6 Å². The molecule has 0 bridgehead atoms. The third-order valence-corrected chi connectivity index (χ3v) is 7.06. The first kappa shape index (κ1) is 23.6. The number of H-pyrrole nitrogens is 1. The van der Waals surface area contributed by atoms with Crippen LogP contribution in [0, 0.1) is 4.77 Å². The highest BCUT2D eigenvalue weighted by Crippen LogP contribution is 2.49. The van der Waals surface area contributed by atoms with E-state index in [4.69, 9.17) is 26.4 Å². The standard InChI is InChI=1S/C24H23BrN4O5S/c1-28-8-7-13-9-18-20(34-12-33-18)21(32-2)19(13)17(28)11-26-10-16-22(30)27-24(35)29(23(16)31)15-5-3-14(25)4-6-15/h3-6,9-10,17,31H,7-8,11-12H2,1-2H3,(H,27,30,35)/t17-/m1/s1. The minimum absolute atomic E-state index is 0.0258. The predicted octanol–water partition coefficient (Wildman–Crippen LogP) is 3.75. The fourth-order valence-corrected chi connectivity index (χ4v) is 5.03. The van der Waals surface area contributed by atoms with Gasteiger partial charge < -0.3 is 19.3 Å². The maximum Gasteiger partial charge on any atom is 0.264 e. The Labute approximate surface area is 214 Å². The highest BCUT2D eigenvalue weighted by atomic mass is 79.9. The van der Waals surface area contributed by atoms with E-state index in [0.717, 1.165) is 28.6 Å². The zero-order chi connectivity index (χ0) is 24.7. The first-order valence-electron chi connectivity index (χ1n) is 10.9. The lowest BCUT2D eigenvalue weighted by atomic mass is 9.91. The predicted molar refractivity (Wildman–Crippen MR) is 137 cm³/mol. The number of rotatable bonds is 5. The van der Waals surface area contributed by atoms with Crippen molar-refractivity contribution in [3.8, 4) is 28.8 Å². The molecule has 0 spiro atoms. The van der Waals surface area contributed by atoms with Crippen molar-refractivity contribution in [1.82, 2.24) is 14.5 Å². The molecule has 1 atom stereocenters. The van der Waals surface area contributed by atoms with Gasteiger partial charge in [0.15, 0.2) is 16.3 Å². The molecule has 0 saturated carbocycles. The van der Waals surface area contributed by atoms with Crippen LogP contribution in [0.15, 0.2) is 44.6 Å². The van der Waals surface area contributed by atoms with E-state index < -0.39 is 5.56 Å². The zero-order valence-electron chi connectivity index (χ0n) is 19.1. The maximum absolute atomic E-state index is 12.6. The summed E-state index contributed by atoms with van der Waals surface area (Å²) in [4.78, 5) is 22.0. The second-order valence-corrected chi connectivity index (χ2v) is 9.57. The van der Waals surface area contributed by atoms with Crippen molar-refractivity contribution in [2.45, 2.75) is 12.5 Å². The average molecular weight is 559 g/mol. The molecule has 2 aliphatic heterocycles. The van der Waals surface area contributed by atoms with Crippen LogP contribution >= 0.6 is 28.1 Å². The number of halogens is 1. The van der Waals surface area contributed by atoms with E-state index in [1.807, 2.05) is 25.2 Å². The lowest BCUT2D eigenvalue weighted by molar-refractivity contribution is 0.170. The number of fused-ring (bicyclic) bond motifs is 2. The molecule has 2 aromatic carbocycles. The fourth-order valence-electron chi connectivity index (χ4n) is 4.48. The summed E-state index contributed by atoms with van der Waals surface area (Å²) in [7, 11) is 3.63. The van der Waals surface area contributed by atoms with Crippen LogP contribution in [0.4, 0.5) is 0 Å². The van der Waals surface area contributed by atoms with Crippen LogP contribution < -0.4 is 19.8 Å². The summed E-state index contributed by atoms with van der Waals surface area (Å²) >= 11 is 8.68. The summed E-state index contributed by atoms with van der Waals surface area (Å²) in [6.07, 6.45) is 2.23. The average Bonchev–Trinajstić information content (AvgIpc) is 3.30. The Hall–Kier alpha value is -3.15. The van der Waals surface area contributed by atoms with E-state index in [1.54, 1.807) is 19.2 Å². The van der Waals surface area contributed by atoms with Gasteiger partial charge in [0, 0.05) is 22.8 Å². The van der Waals surface area contributed by atoms with Gasteiger partial charge in [-0.05, 0) is 61.6 Å². The molecular formula is C24H23BrN4O5S.